The molecule has 2 aromatic carbocycles. The summed E-state index contributed by atoms with van der Waals surface area (Å²) in [6, 6.07) is 10.6. The first-order chi connectivity index (χ1) is 22.7. The van der Waals surface area contributed by atoms with Gasteiger partial charge in [0.15, 0.2) is 0 Å². The molecule has 1 fully saturated rings. The van der Waals surface area contributed by atoms with Crippen molar-refractivity contribution in [1.29, 1.82) is 0 Å². The Morgan fingerprint density at radius 3 is 2.35 bits per heavy atom. The Morgan fingerprint density at radius 1 is 1.10 bits per heavy atom. The van der Waals surface area contributed by atoms with Crippen LogP contribution < -0.4 is 21.1 Å². The van der Waals surface area contributed by atoms with E-state index < -0.39 is 34.8 Å². The Morgan fingerprint density at radius 2 is 1.78 bits per heavy atom. The van der Waals surface area contributed by atoms with Crippen LogP contribution in [0, 0.1) is 18.3 Å². The molecule has 1 heterocycles. The van der Waals surface area contributed by atoms with E-state index in [1.165, 1.54) is 16.7 Å². The quantitative estimate of drug-likeness (QED) is 0.172. The van der Waals surface area contributed by atoms with Crippen molar-refractivity contribution in [3.05, 3.63) is 69.8 Å². The number of aryl methyl sites for hydroxylation is 1. The second kappa shape index (κ2) is 16.2. The molecule has 9 nitrogen and oxygen atoms in total. The third-order valence-corrected chi connectivity index (χ3v) is 9.80. The highest BCUT2D eigenvalue weighted by Crippen LogP contribution is 2.43. The van der Waals surface area contributed by atoms with Gasteiger partial charge in [-0.15, -0.1) is 0 Å². The van der Waals surface area contributed by atoms with Crippen molar-refractivity contribution in [3.63, 3.8) is 0 Å². The lowest BCUT2D eigenvalue weighted by atomic mass is 9.82. The molecule has 1 saturated heterocycles. The van der Waals surface area contributed by atoms with E-state index in [1.54, 1.807) is 21.0 Å². The normalized spacial score (nSPS) is 21.0. The highest BCUT2D eigenvalue weighted by Gasteiger charge is 2.38. The van der Waals surface area contributed by atoms with Crippen LogP contribution in [0.4, 0.5) is 0 Å². The lowest BCUT2D eigenvalue weighted by molar-refractivity contribution is -0.146. The number of carbonyl (C=O) groups excluding carboxylic acids is 2. The van der Waals surface area contributed by atoms with Crippen molar-refractivity contribution in [2.45, 2.75) is 124 Å². The van der Waals surface area contributed by atoms with Crippen LogP contribution in [0.1, 0.15) is 121 Å². The van der Waals surface area contributed by atoms with Crippen LogP contribution >= 0.6 is 0 Å². The molecule has 0 radical (unpaired) electrons. The van der Waals surface area contributed by atoms with Gasteiger partial charge in [-0.1, -0.05) is 51.1 Å². The highest BCUT2D eigenvalue weighted by molar-refractivity contribution is 5.93. The fraction of sp³-hybridized carbons (Fsp3) is 0.600. The Hall–Kier alpha value is -3.24. The third kappa shape index (κ3) is 10.4. The zero-order valence-corrected chi connectivity index (χ0v) is 31.6. The molecule has 0 saturated carbocycles. The van der Waals surface area contributed by atoms with Crippen molar-refractivity contribution >= 4 is 17.9 Å². The van der Waals surface area contributed by atoms with Crippen molar-refractivity contribution in [2.24, 2.45) is 17.1 Å². The summed E-state index contributed by atoms with van der Waals surface area (Å²) in [4.78, 5) is 26.1. The van der Waals surface area contributed by atoms with E-state index in [9.17, 15) is 19.8 Å². The van der Waals surface area contributed by atoms with Gasteiger partial charge in [0.1, 0.15) is 11.3 Å². The lowest BCUT2D eigenvalue weighted by Gasteiger charge is -2.38. The average Bonchev–Trinajstić information content (AvgIpc) is 3.03. The topological polar surface area (TPSA) is 143 Å². The first-order valence-corrected chi connectivity index (χ1v) is 17.6. The second-order valence-corrected chi connectivity index (χ2v) is 15.8. The van der Waals surface area contributed by atoms with E-state index in [1.807, 2.05) is 46.8 Å². The first-order valence-electron chi connectivity index (χ1n) is 17.6. The molecule has 272 valence electrons. The maximum Gasteiger partial charge on any atom is 0.245 e. The number of hydrogen-bond acceptors (Lipinski definition) is 7. The van der Waals surface area contributed by atoms with E-state index in [2.05, 4.69) is 61.7 Å². The van der Waals surface area contributed by atoms with Crippen LogP contribution in [0.3, 0.4) is 0 Å². The van der Waals surface area contributed by atoms with Gasteiger partial charge in [-0.2, -0.15) is 0 Å². The van der Waals surface area contributed by atoms with Crippen molar-refractivity contribution in [2.75, 3.05) is 20.3 Å². The predicted molar refractivity (Wildman–Crippen MR) is 196 cm³/mol. The van der Waals surface area contributed by atoms with E-state index in [0.29, 0.717) is 25.3 Å². The van der Waals surface area contributed by atoms with Crippen molar-refractivity contribution < 1.29 is 29.3 Å². The smallest absolute Gasteiger partial charge is 0.245 e. The monoisotopic (exact) mass is 679 g/mol. The van der Waals surface area contributed by atoms with Crippen LogP contribution in [-0.4, -0.2) is 65.6 Å². The average molecular weight is 680 g/mol. The summed E-state index contributed by atoms with van der Waals surface area (Å²) in [5.74, 6) is 0.321. The number of aliphatic hydroxyl groups excluding tert-OH is 2. The van der Waals surface area contributed by atoms with Gasteiger partial charge in [-0.25, -0.2) is 0 Å². The molecule has 6 N–H and O–H groups in total. The summed E-state index contributed by atoms with van der Waals surface area (Å²) < 4.78 is 12.2. The first kappa shape index (κ1) is 40.2. The van der Waals surface area contributed by atoms with E-state index >= 15 is 0 Å². The Bertz CT molecular complexity index is 1490. The number of nitrogens with two attached hydrogens (primary N) is 1. The van der Waals surface area contributed by atoms with Crippen molar-refractivity contribution in [1.82, 2.24) is 10.6 Å². The molecule has 5 unspecified atom stereocenters. The van der Waals surface area contributed by atoms with E-state index in [4.69, 9.17) is 15.2 Å². The van der Waals surface area contributed by atoms with E-state index in [0.717, 1.165) is 28.9 Å². The second-order valence-electron chi connectivity index (χ2n) is 15.8. The number of nitrogens with one attached hydrogen (secondary N) is 2. The van der Waals surface area contributed by atoms with Crippen LogP contribution in [0.25, 0.3) is 6.08 Å². The maximum atomic E-state index is 13.3. The standard InChI is InChI=1S/C40H61N3O6/c1-12-24(2)31-21-34(48-11)32(35-26(4)33(45)20-30(22-44)49-35)19-29(31)18-28-14-13-27(17-25(28)3)15-16-38(5,6)36(46)43-40(9,10)37(47)42-23-39(7,8)41/h13-17,19,21,24,26,30,33,35,44-45H,12,18,20,22-23,41H2,1-11H3,(H,42,47)(H,43,46). The lowest BCUT2D eigenvalue weighted by Crippen LogP contribution is -2.59. The molecular formula is C40H61N3O6. The number of carbonyl (C=O) groups is 2. The molecule has 5 atom stereocenters. The number of hydrogen-bond donors (Lipinski definition) is 5. The summed E-state index contributed by atoms with van der Waals surface area (Å²) in [7, 11) is 1.66. The number of benzene rings is 2. The summed E-state index contributed by atoms with van der Waals surface area (Å²) >= 11 is 0. The minimum atomic E-state index is -1.11. The minimum Gasteiger partial charge on any atom is -0.496 e. The van der Waals surface area contributed by atoms with Gasteiger partial charge in [0.2, 0.25) is 11.8 Å². The highest BCUT2D eigenvalue weighted by atomic mass is 16.5. The van der Waals surface area contributed by atoms with E-state index in [-0.39, 0.29) is 24.3 Å². The zero-order valence-electron chi connectivity index (χ0n) is 31.6. The predicted octanol–water partition coefficient (Wildman–Crippen LogP) is 5.71. The van der Waals surface area contributed by atoms with Gasteiger partial charge in [0, 0.05) is 30.0 Å². The van der Waals surface area contributed by atoms with Gasteiger partial charge in [-0.3, -0.25) is 9.59 Å². The summed E-state index contributed by atoms with van der Waals surface area (Å²) in [6.07, 6.45) is 4.45. The number of methoxy groups -OCH3 is 1. The molecule has 3 rings (SSSR count). The molecule has 0 bridgehead atoms. The van der Waals surface area contributed by atoms with Gasteiger partial charge < -0.3 is 36.1 Å². The van der Waals surface area contributed by atoms with Crippen molar-refractivity contribution in [3.8, 4) is 5.75 Å². The largest absolute Gasteiger partial charge is 0.496 e. The number of amides is 2. The molecule has 2 aromatic rings. The summed E-state index contributed by atoms with van der Waals surface area (Å²) in [5, 5.41) is 26.3. The maximum absolute atomic E-state index is 13.3. The summed E-state index contributed by atoms with van der Waals surface area (Å²) in [5.41, 5.74) is 10.00. The summed E-state index contributed by atoms with van der Waals surface area (Å²) in [6.45, 7) is 19.3. The molecular weight excluding hydrogens is 618 g/mol. The fourth-order valence-corrected chi connectivity index (χ4v) is 6.07. The zero-order chi connectivity index (χ0) is 36.9. The number of rotatable bonds is 14. The Labute approximate surface area is 294 Å². The number of aliphatic hydroxyl groups is 2. The molecule has 1 aliphatic rings. The Balaban J connectivity index is 1.86. The van der Waals surface area contributed by atoms with Crippen LogP contribution in [0.2, 0.25) is 0 Å². The van der Waals surface area contributed by atoms with Gasteiger partial charge in [-0.05, 0) is 107 Å². The van der Waals surface area contributed by atoms with Crippen LogP contribution in [0.5, 0.6) is 5.75 Å². The van der Waals surface area contributed by atoms with Gasteiger partial charge >= 0.3 is 0 Å². The fourth-order valence-electron chi connectivity index (χ4n) is 6.07. The molecule has 9 heteroatoms. The number of ether oxygens (including phenoxy) is 2. The minimum absolute atomic E-state index is 0.148. The molecule has 0 aliphatic carbocycles. The molecule has 0 aromatic heterocycles. The SMILES string of the molecule is CCC(C)c1cc(OC)c(C2OC(CO)CC(O)C2C)cc1Cc1ccc(C=CC(C)(C)C(=O)NC(C)(C)C(=O)NCC(C)(C)N)cc1C. The van der Waals surface area contributed by atoms with Crippen LogP contribution in [-0.2, 0) is 20.7 Å². The Kier molecular flexibility index (Phi) is 13.3. The molecule has 1 aliphatic heterocycles. The molecule has 2 amide bonds. The molecule has 49 heavy (non-hydrogen) atoms. The van der Waals surface area contributed by atoms with Gasteiger partial charge in [0.05, 0.1) is 37.4 Å². The van der Waals surface area contributed by atoms with Gasteiger partial charge in [0.25, 0.3) is 0 Å². The van der Waals surface area contributed by atoms with Crippen LogP contribution in [0.15, 0.2) is 36.4 Å². The third-order valence-electron chi connectivity index (χ3n) is 9.80. The molecule has 0 spiro atoms.